The molecule has 0 amide bonds. The molecule has 1 saturated carbocycles. The van der Waals surface area contributed by atoms with Crippen molar-refractivity contribution in [3.05, 3.63) is 11.8 Å². The van der Waals surface area contributed by atoms with Gasteiger partial charge in [-0.15, -0.1) is 0 Å². The van der Waals surface area contributed by atoms with E-state index in [4.69, 9.17) is 0 Å². The highest BCUT2D eigenvalue weighted by molar-refractivity contribution is 7.89. The molecule has 8 heteroatoms. The van der Waals surface area contributed by atoms with E-state index in [0.717, 1.165) is 25.7 Å². The van der Waals surface area contributed by atoms with Crippen molar-refractivity contribution in [1.82, 2.24) is 14.1 Å². The van der Waals surface area contributed by atoms with Crippen LogP contribution in [-0.2, 0) is 21.9 Å². The number of aliphatic carboxylic acids is 1. The van der Waals surface area contributed by atoms with Gasteiger partial charge in [0, 0.05) is 18.7 Å². The molecule has 0 bridgehead atoms. The highest BCUT2D eigenvalue weighted by Gasteiger charge is 2.52. The van der Waals surface area contributed by atoms with Crippen LogP contribution in [0.1, 0.15) is 37.7 Å². The van der Waals surface area contributed by atoms with Gasteiger partial charge in [-0.3, -0.25) is 9.48 Å². The number of fused-ring (bicyclic) bond motifs is 1. The number of nitrogens with zero attached hydrogens (tertiary/aromatic N) is 3. The molecule has 1 aromatic heterocycles. The number of carbonyl (C=O) groups is 1. The van der Waals surface area contributed by atoms with Crippen molar-refractivity contribution in [2.45, 2.75) is 56.1 Å². The molecule has 7 nitrogen and oxygen atoms in total. The molecule has 3 atom stereocenters. The summed E-state index contributed by atoms with van der Waals surface area (Å²) < 4.78 is 28.8. The summed E-state index contributed by atoms with van der Waals surface area (Å²) in [6.45, 7) is 1.68. The monoisotopic (exact) mass is 327 g/mol. The summed E-state index contributed by atoms with van der Waals surface area (Å²) in [6, 6.07) is -1.17. The van der Waals surface area contributed by atoms with E-state index in [9.17, 15) is 18.3 Å². The molecule has 0 aromatic carbocycles. The summed E-state index contributed by atoms with van der Waals surface area (Å²) in [4.78, 5) is 11.6. The van der Waals surface area contributed by atoms with Gasteiger partial charge in [0.25, 0.3) is 10.0 Å². The van der Waals surface area contributed by atoms with Crippen LogP contribution in [0.3, 0.4) is 0 Å². The minimum atomic E-state index is -3.87. The fourth-order valence-corrected chi connectivity index (χ4v) is 6.17. The quantitative estimate of drug-likeness (QED) is 0.898. The second-order valence-electron chi connectivity index (χ2n) is 6.29. The van der Waals surface area contributed by atoms with Crippen molar-refractivity contribution >= 4 is 16.0 Å². The maximum atomic E-state index is 13.1. The Labute approximate surface area is 130 Å². The smallest absolute Gasteiger partial charge is 0.322 e. The van der Waals surface area contributed by atoms with E-state index in [1.807, 2.05) is 0 Å². The van der Waals surface area contributed by atoms with Crippen molar-refractivity contribution in [1.29, 1.82) is 0 Å². The molecule has 1 aromatic rings. The molecule has 2 heterocycles. The van der Waals surface area contributed by atoms with Gasteiger partial charge in [0.15, 0.2) is 5.03 Å². The number of hydrogen-bond acceptors (Lipinski definition) is 4. The number of rotatable bonds is 3. The molecule has 0 radical (unpaired) electrons. The molecular formula is C14H21N3O4S. The number of carboxylic acids is 1. The zero-order valence-corrected chi connectivity index (χ0v) is 13.6. The Morgan fingerprint density at radius 2 is 2.05 bits per heavy atom. The van der Waals surface area contributed by atoms with Crippen LogP contribution in [0.4, 0.5) is 0 Å². The Morgan fingerprint density at radius 1 is 1.36 bits per heavy atom. The molecule has 2 aliphatic rings. The van der Waals surface area contributed by atoms with E-state index in [1.54, 1.807) is 14.0 Å². The third-order valence-corrected chi connectivity index (χ3v) is 7.05. The first kappa shape index (κ1) is 15.5. The standard InChI is InChI=1S/C14H21N3O4S/c1-9-8-15-16(2)13(9)22(20,21)17-11-6-4-3-5-10(11)7-12(17)14(18)19/h8,10-12H,3-7H2,1-2H3,(H,18,19). The van der Waals surface area contributed by atoms with E-state index in [-0.39, 0.29) is 17.0 Å². The lowest BCUT2D eigenvalue weighted by molar-refractivity contribution is -0.141. The van der Waals surface area contributed by atoms with Crippen LogP contribution in [0.25, 0.3) is 0 Å². The summed E-state index contributed by atoms with van der Waals surface area (Å²) in [6.07, 6.45) is 5.55. The third kappa shape index (κ3) is 2.25. The van der Waals surface area contributed by atoms with Crippen LogP contribution in [0, 0.1) is 12.8 Å². The second-order valence-corrected chi connectivity index (χ2v) is 8.05. The molecule has 3 unspecified atom stereocenters. The average Bonchev–Trinajstić information content (AvgIpc) is 3.00. The normalized spacial score (nSPS) is 29.5. The van der Waals surface area contributed by atoms with Gasteiger partial charge in [0.2, 0.25) is 0 Å². The molecule has 1 saturated heterocycles. The van der Waals surface area contributed by atoms with Gasteiger partial charge in [-0.05, 0) is 32.1 Å². The number of aryl methyl sites for hydroxylation is 2. The van der Waals surface area contributed by atoms with Crippen molar-refractivity contribution < 1.29 is 18.3 Å². The largest absolute Gasteiger partial charge is 0.480 e. The van der Waals surface area contributed by atoms with Crippen LogP contribution in [0.2, 0.25) is 0 Å². The molecule has 0 spiro atoms. The van der Waals surface area contributed by atoms with Gasteiger partial charge in [0.05, 0.1) is 6.20 Å². The zero-order chi connectivity index (χ0) is 16.1. The van der Waals surface area contributed by atoms with Gasteiger partial charge in [-0.2, -0.15) is 9.40 Å². The summed E-state index contributed by atoms with van der Waals surface area (Å²) in [5.74, 6) is -0.907. The van der Waals surface area contributed by atoms with Crippen molar-refractivity contribution in [2.75, 3.05) is 0 Å². The lowest BCUT2D eigenvalue weighted by atomic mass is 9.85. The van der Waals surface area contributed by atoms with Crippen LogP contribution in [0.5, 0.6) is 0 Å². The fourth-order valence-electron chi connectivity index (χ4n) is 3.98. The summed E-state index contributed by atoms with van der Waals surface area (Å²) >= 11 is 0. The molecule has 122 valence electrons. The molecule has 22 heavy (non-hydrogen) atoms. The van der Waals surface area contributed by atoms with E-state index < -0.39 is 22.0 Å². The predicted octanol–water partition coefficient (Wildman–Crippen LogP) is 1.13. The van der Waals surface area contributed by atoms with E-state index in [1.165, 1.54) is 15.2 Å². The topological polar surface area (TPSA) is 92.5 Å². The van der Waals surface area contributed by atoms with Crippen LogP contribution in [-0.4, -0.2) is 45.7 Å². The van der Waals surface area contributed by atoms with Gasteiger partial charge < -0.3 is 5.11 Å². The summed E-state index contributed by atoms with van der Waals surface area (Å²) in [5.41, 5.74) is 0.547. The molecule has 2 fully saturated rings. The number of aromatic nitrogens is 2. The predicted molar refractivity (Wildman–Crippen MR) is 78.8 cm³/mol. The molecular weight excluding hydrogens is 306 g/mol. The first-order chi connectivity index (χ1) is 10.3. The van der Waals surface area contributed by atoms with E-state index in [2.05, 4.69) is 5.10 Å². The zero-order valence-electron chi connectivity index (χ0n) is 12.8. The minimum Gasteiger partial charge on any atom is -0.480 e. The summed E-state index contributed by atoms with van der Waals surface area (Å²) in [5, 5.41) is 13.6. The van der Waals surface area contributed by atoms with Gasteiger partial charge in [0.1, 0.15) is 6.04 Å². The van der Waals surface area contributed by atoms with Crippen LogP contribution in [0.15, 0.2) is 11.2 Å². The van der Waals surface area contributed by atoms with Crippen molar-refractivity contribution in [2.24, 2.45) is 13.0 Å². The molecule has 1 aliphatic carbocycles. The number of carboxylic acid groups (broad SMARTS) is 1. The average molecular weight is 327 g/mol. The lowest BCUT2D eigenvalue weighted by Crippen LogP contribution is -2.46. The number of hydrogen-bond donors (Lipinski definition) is 1. The Balaban J connectivity index is 2.08. The van der Waals surface area contributed by atoms with Gasteiger partial charge in [-0.1, -0.05) is 12.8 Å². The van der Waals surface area contributed by atoms with Gasteiger partial charge in [-0.25, -0.2) is 8.42 Å². The van der Waals surface area contributed by atoms with E-state index >= 15 is 0 Å². The first-order valence-electron chi connectivity index (χ1n) is 7.59. The maximum absolute atomic E-state index is 13.1. The Bertz CT molecular complexity index is 677. The second kappa shape index (κ2) is 5.34. The van der Waals surface area contributed by atoms with E-state index in [0.29, 0.717) is 12.0 Å². The van der Waals surface area contributed by atoms with Crippen molar-refractivity contribution in [3.8, 4) is 0 Å². The molecule has 1 aliphatic heterocycles. The first-order valence-corrected chi connectivity index (χ1v) is 9.03. The Kier molecular flexibility index (Phi) is 3.76. The highest BCUT2D eigenvalue weighted by atomic mass is 32.2. The number of sulfonamides is 1. The fraction of sp³-hybridized carbons (Fsp3) is 0.714. The SMILES string of the molecule is Cc1cnn(C)c1S(=O)(=O)N1C(C(=O)O)CC2CCCCC21. The molecule has 3 rings (SSSR count). The van der Waals surface area contributed by atoms with Crippen LogP contribution < -0.4 is 0 Å². The summed E-state index contributed by atoms with van der Waals surface area (Å²) in [7, 11) is -2.29. The highest BCUT2D eigenvalue weighted by Crippen LogP contribution is 2.43. The maximum Gasteiger partial charge on any atom is 0.322 e. The lowest BCUT2D eigenvalue weighted by Gasteiger charge is -2.32. The minimum absolute atomic E-state index is 0.102. The Morgan fingerprint density at radius 3 is 2.64 bits per heavy atom. The van der Waals surface area contributed by atoms with Crippen LogP contribution >= 0.6 is 0 Å². The Hall–Kier alpha value is -1.41. The van der Waals surface area contributed by atoms with Crippen molar-refractivity contribution in [3.63, 3.8) is 0 Å². The van der Waals surface area contributed by atoms with Gasteiger partial charge >= 0.3 is 5.97 Å². The third-order valence-electron chi connectivity index (χ3n) is 4.89. The molecule has 1 N–H and O–H groups in total.